The summed E-state index contributed by atoms with van der Waals surface area (Å²) in [4.78, 5) is 31.2. The van der Waals surface area contributed by atoms with Gasteiger partial charge in [-0.2, -0.15) is 25.3 Å². The van der Waals surface area contributed by atoms with Crippen LogP contribution in [0.15, 0.2) is 30.3 Å². The first kappa shape index (κ1) is 21.9. The van der Waals surface area contributed by atoms with Crippen molar-refractivity contribution in [2.24, 2.45) is 0 Å². The summed E-state index contributed by atoms with van der Waals surface area (Å²) in [6, 6.07) is 9.20. The third-order valence-electron chi connectivity index (χ3n) is 4.76. The van der Waals surface area contributed by atoms with Gasteiger partial charge in [0.2, 0.25) is 5.91 Å². The van der Waals surface area contributed by atoms with E-state index in [1.165, 1.54) is 5.56 Å². The van der Waals surface area contributed by atoms with Gasteiger partial charge in [0, 0.05) is 50.8 Å². The van der Waals surface area contributed by atoms with Crippen LogP contribution in [0.4, 0.5) is 4.79 Å². The summed E-state index contributed by atoms with van der Waals surface area (Å²) in [5.41, 5.74) is 1.17. The lowest BCUT2D eigenvalue weighted by atomic mass is 10.1. The molecule has 6 nitrogen and oxygen atoms in total. The van der Waals surface area contributed by atoms with E-state index in [2.05, 4.69) is 35.5 Å². The first-order valence-corrected chi connectivity index (χ1v) is 10.6. The minimum absolute atomic E-state index is 0.0552. The zero-order valence-electron chi connectivity index (χ0n) is 15.9. The molecule has 150 valence electrons. The number of benzene rings is 1. The standard InChI is InChI=1S/C19H30N4O2S2/c1-21-9-11-22(12-10-21)18(24)17(15-27)20-19(25)23(13-14-26)8-7-16-5-3-2-4-6-16/h2-6,17,26-27H,7-15H2,1H3,(H,20,25). The van der Waals surface area contributed by atoms with E-state index in [0.29, 0.717) is 31.9 Å². The lowest BCUT2D eigenvalue weighted by Crippen LogP contribution is -2.57. The van der Waals surface area contributed by atoms with Gasteiger partial charge in [0.1, 0.15) is 6.04 Å². The molecule has 27 heavy (non-hydrogen) atoms. The van der Waals surface area contributed by atoms with Gasteiger partial charge in [-0.25, -0.2) is 4.79 Å². The van der Waals surface area contributed by atoms with E-state index < -0.39 is 6.04 Å². The highest BCUT2D eigenvalue weighted by molar-refractivity contribution is 7.80. The second-order valence-corrected chi connectivity index (χ2v) is 7.57. The summed E-state index contributed by atoms with van der Waals surface area (Å²) in [6.45, 7) is 4.18. The molecule has 3 amide bonds. The van der Waals surface area contributed by atoms with Gasteiger partial charge in [-0.1, -0.05) is 30.3 Å². The number of hydrogen-bond acceptors (Lipinski definition) is 5. The van der Waals surface area contributed by atoms with Crippen molar-refractivity contribution in [1.29, 1.82) is 0 Å². The van der Waals surface area contributed by atoms with Crippen molar-refractivity contribution in [3.63, 3.8) is 0 Å². The summed E-state index contributed by atoms with van der Waals surface area (Å²) in [5, 5.41) is 2.87. The Morgan fingerprint density at radius 1 is 1.11 bits per heavy atom. The number of likely N-dealkylation sites (N-methyl/N-ethyl adjacent to an activating group) is 1. The smallest absolute Gasteiger partial charge is 0.318 e. The summed E-state index contributed by atoms with van der Waals surface area (Å²) in [6.07, 6.45) is 0.764. The van der Waals surface area contributed by atoms with Gasteiger partial charge in [0.05, 0.1) is 0 Å². The van der Waals surface area contributed by atoms with Crippen LogP contribution in [0.3, 0.4) is 0 Å². The molecule has 0 aliphatic carbocycles. The third kappa shape index (κ3) is 6.93. The Morgan fingerprint density at radius 2 is 1.78 bits per heavy atom. The van der Waals surface area contributed by atoms with E-state index in [-0.39, 0.29) is 17.7 Å². The van der Waals surface area contributed by atoms with Crippen LogP contribution >= 0.6 is 25.3 Å². The average Bonchev–Trinajstić information content (AvgIpc) is 2.70. The van der Waals surface area contributed by atoms with Gasteiger partial charge >= 0.3 is 6.03 Å². The fraction of sp³-hybridized carbons (Fsp3) is 0.579. The first-order chi connectivity index (χ1) is 13.0. The summed E-state index contributed by atoms with van der Waals surface area (Å²) in [7, 11) is 2.04. The van der Waals surface area contributed by atoms with Crippen LogP contribution in [0, 0.1) is 0 Å². The normalized spacial score (nSPS) is 16.0. The second-order valence-electron chi connectivity index (χ2n) is 6.76. The molecule has 1 fully saturated rings. The molecule has 0 spiro atoms. The average molecular weight is 411 g/mol. The molecule has 1 unspecified atom stereocenters. The Bertz CT molecular complexity index is 595. The van der Waals surface area contributed by atoms with Gasteiger partial charge in [-0.3, -0.25) is 4.79 Å². The van der Waals surface area contributed by atoms with Crippen LogP contribution in [0.5, 0.6) is 0 Å². The largest absolute Gasteiger partial charge is 0.338 e. The van der Waals surface area contributed by atoms with Crippen molar-refractivity contribution < 1.29 is 9.59 Å². The van der Waals surface area contributed by atoms with Crippen LogP contribution in [-0.2, 0) is 11.2 Å². The van der Waals surface area contributed by atoms with Crippen molar-refractivity contribution in [1.82, 2.24) is 20.0 Å². The van der Waals surface area contributed by atoms with E-state index in [4.69, 9.17) is 0 Å². The molecule has 0 aromatic heterocycles. The maximum Gasteiger partial charge on any atom is 0.318 e. The quantitative estimate of drug-likeness (QED) is 0.566. The fourth-order valence-corrected chi connectivity index (χ4v) is 3.51. The number of nitrogens with zero attached hydrogens (tertiary/aromatic N) is 3. The Kier molecular flexibility index (Phi) is 9.30. The molecule has 8 heteroatoms. The maximum atomic E-state index is 12.7. The fourth-order valence-electron chi connectivity index (χ4n) is 3.02. The van der Waals surface area contributed by atoms with Crippen LogP contribution in [0.25, 0.3) is 0 Å². The monoisotopic (exact) mass is 410 g/mol. The predicted octanol–water partition coefficient (Wildman–Crippen LogP) is 1.24. The number of carbonyl (C=O) groups excluding carboxylic acids is 2. The molecular weight excluding hydrogens is 380 g/mol. The summed E-state index contributed by atoms with van der Waals surface area (Å²) >= 11 is 8.55. The number of rotatable bonds is 8. The molecule has 1 atom stereocenters. The van der Waals surface area contributed by atoms with Crippen molar-refractivity contribution in [3.05, 3.63) is 35.9 Å². The third-order valence-corrected chi connectivity index (χ3v) is 5.33. The molecule has 1 aromatic carbocycles. The van der Waals surface area contributed by atoms with Crippen molar-refractivity contribution in [3.8, 4) is 0 Å². The molecule has 0 radical (unpaired) electrons. The zero-order valence-corrected chi connectivity index (χ0v) is 17.7. The van der Waals surface area contributed by atoms with Gasteiger partial charge in [0.15, 0.2) is 0 Å². The van der Waals surface area contributed by atoms with E-state index in [9.17, 15) is 9.59 Å². The summed E-state index contributed by atoms with van der Waals surface area (Å²) in [5.74, 6) is 0.796. The molecule has 0 saturated carbocycles. The molecule has 1 aromatic rings. The molecule has 1 aliphatic heterocycles. The zero-order chi connectivity index (χ0) is 19.6. The molecular formula is C19H30N4O2S2. The first-order valence-electron chi connectivity index (χ1n) is 9.33. The topological polar surface area (TPSA) is 55.9 Å². The maximum absolute atomic E-state index is 12.7. The number of carbonyl (C=O) groups is 2. The second kappa shape index (κ2) is 11.5. The van der Waals surface area contributed by atoms with E-state index in [1.807, 2.05) is 42.3 Å². The predicted molar refractivity (Wildman–Crippen MR) is 116 cm³/mol. The number of thiol groups is 2. The molecule has 1 heterocycles. The Hall–Kier alpha value is -1.38. The molecule has 0 bridgehead atoms. The number of urea groups is 1. The van der Waals surface area contributed by atoms with Gasteiger partial charge in [-0.05, 0) is 19.0 Å². The highest BCUT2D eigenvalue weighted by Crippen LogP contribution is 2.06. The minimum Gasteiger partial charge on any atom is -0.338 e. The van der Waals surface area contributed by atoms with Crippen LogP contribution < -0.4 is 5.32 Å². The van der Waals surface area contributed by atoms with E-state index in [0.717, 1.165) is 19.5 Å². The van der Waals surface area contributed by atoms with Gasteiger partial charge in [-0.15, -0.1) is 0 Å². The minimum atomic E-state index is -0.608. The Labute approximate surface area is 173 Å². The molecule has 1 aliphatic rings. The molecule has 1 saturated heterocycles. The summed E-state index contributed by atoms with van der Waals surface area (Å²) < 4.78 is 0. The van der Waals surface area contributed by atoms with Crippen LogP contribution in [-0.4, -0.2) is 90.5 Å². The highest BCUT2D eigenvalue weighted by Gasteiger charge is 2.28. The van der Waals surface area contributed by atoms with Crippen molar-refractivity contribution in [2.75, 3.05) is 57.8 Å². The highest BCUT2D eigenvalue weighted by atomic mass is 32.1. The molecule has 2 rings (SSSR count). The lowest BCUT2D eigenvalue weighted by molar-refractivity contribution is -0.134. The van der Waals surface area contributed by atoms with Crippen molar-refractivity contribution >= 4 is 37.2 Å². The number of hydrogen-bond donors (Lipinski definition) is 3. The van der Waals surface area contributed by atoms with Gasteiger partial charge < -0.3 is 20.0 Å². The van der Waals surface area contributed by atoms with Crippen LogP contribution in [0.1, 0.15) is 5.56 Å². The molecule has 1 N–H and O–H groups in total. The Morgan fingerprint density at radius 3 is 2.37 bits per heavy atom. The van der Waals surface area contributed by atoms with E-state index in [1.54, 1.807) is 4.90 Å². The van der Waals surface area contributed by atoms with Gasteiger partial charge in [0.25, 0.3) is 0 Å². The Balaban J connectivity index is 1.91. The van der Waals surface area contributed by atoms with Crippen LogP contribution in [0.2, 0.25) is 0 Å². The number of nitrogens with one attached hydrogen (secondary N) is 1. The number of amides is 3. The SMILES string of the molecule is CN1CCN(C(=O)C(CS)NC(=O)N(CCS)CCc2ccccc2)CC1. The lowest BCUT2D eigenvalue weighted by Gasteiger charge is -2.35. The van der Waals surface area contributed by atoms with Crippen molar-refractivity contribution in [2.45, 2.75) is 12.5 Å². The van der Waals surface area contributed by atoms with E-state index >= 15 is 0 Å². The number of piperazine rings is 1.